The molecule has 0 fully saturated rings. The predicted octanol–water partition coefficient (Wildman–Crippen LogP) is 4.41. The number of halogens is 3. The average Bonchev–Trinajstić information content (AvgIpc) is 3.46. The Morgan fingerprint density at radius 3 is 2.63 bits per heavy atom. The lowest BCUT2D eigenvalue weighted by Crippen LogP contribution is -2.15. The van der Waals surface area contributed by atoms with Crippen molar-refractivity contribution in [1.29, 1.82) is 0 Å². The molecule has 0 bridgehead atoms. The van der Waals surface area contributed by atoms with Crippen LogP contribution >= 0.6 is 23.1 Å². The Hall–Kier alpha value is -3.75. The van der Waals surface area contributed by atoms with Crippen LogP contribution in [-0.2, 0) is 17.1 Å². The van der Waals surface area contributed by atoms with Crippen LogP contribution in [0.25, 0.3) is 22.4 Å². The molecule has 5 rings (SSSR count). The first-order chi connectivity index (χ1) is 16.7. The molecule has 10 nitrogen and oxygen atoms in total. The van der Waals surface area contributed by atoms with Crippen LogP contribution < -0.4 is 9.46 Å². The van der Waals surface area contributed by atoms with Gasteiger partial charge in [0.2, 0.25) is 5.13 Å². The number of benzene rings is 2. The number of hydrogen-bond donors (Lipinski definition) is 1. The Bertz CT molecular complexity index is 1680. The quantitative estimate of drug-likeness (QED) is 0.339. The van der Waals surface area contributed by atoms with Gasteiger partial charge in [0.25, 0.3) is 10.0 Å². The standard InChI is InChI=1S/C20H12ClF2N7O3S2/c1-30-9-27-18-17(24-7-25-19(18)30)11-4-10(21)2-3-14(11)33-15-5-13(23)16(6-12(15)22)35(31,32)29-20-26-8-28-34-20/h2-9H,1H3,(H,26,28,29). The van der Waals surface area contributed by atoms with Crippen LogP contribution in [0.3, 0.4) is 0 Å². The van der Waals surface area contributed by atoms with Gasteiger partial charge in [-0.25, -0.2) is 37.1 Å². The summed E-state index contributed by atoms with van der Waals surface area (Å²) in [4.78, 5) is 15.5. The number of sulfonamides is 1. The number of aromatic nitrogens is 6. The van der Waals surface area contributed by atoms with Gasteiger partial charge >= 0.3 is 0 Å². The number of hydrogen-bond acceptors (Lipinski definition) is 9. The van der Waals surface area contributed by atoms with E-state index in [2.05, 4.69) is 24.3 Å². The van der Waals surface area contributed by atoms with Gasteiger partial charge in [-0.2, -0.15) is 4.37 Å². The summed E-state index contributed by atoms with van der Waals surface area (Å²) < 4.78 is 67.7. The highest BCUT2D eigenvalue weighted by atomic mass is 35.5. The van der Waals surface area contributed by atoms with Crippen molar-refractivity contribution < 1.29 is 21.9 Å². The lowest BCUT2D eigenvalue weighted by Gasteiger charge is -2.14. The van der Waals surface area contributed by atoms with E-state index in [9.17, 15) is 17.2 Å². The van der Waals surface area contributed by atoms with E-state index in [0.29, 0.717) is 39.6 Å². The van der Waals surface area contributed by atoms with E-state index >= 15 is 0 Å². The van der Waals surface area contributed by atoms with Crippen molar-refractivity contribution >= 4 is 49.5 Å². The molecule has 178 valence electrons. The summed E-state index contributed by atoms with van der Waals surface area (Å²) in [5.74, 6) is -2.81. The Balaban J connectivity index is 1.54. The Kier molecular flexibility index (Phi) is 5.78. The summed E-state index contributed by atoms with van der Waals surface area (Å²) >= 11 is 6.91. The molecule has 0 amide bonds. The molecule has 1 N–H and O–H groups in total. The zero-order valence-electron chi connectivity index (χ0n) is 17.5. The number of anilines is 1. The van der Waals surface area contributed by atoms with E-state index < -0.39 is 32.3 Å². The van der Waals surface area contributed by atoms with Crippen molar-refractivity contribution in [1.82, 2.24) is 28.9 Å². The van der Waals surface area contributed by atoms with E-state index in [1.165, 1.54) is 24.5 Å². The van der Waals surface area contributed by atoms with Crippen molar-refractivity contribution in [3.8, 4) is 22.8 Å². The molecule has 5 aromatic rings. The van der Waals surface area contributed by atoms with Gasteiger partial charge < -0.3 is 9.30 Å². The van der Waals surface area contributed by atoms with E-state index in [1.807, 2.05) is 4.72 Å². The first kappa shape index (κ1) is 23.0. The Morgan fingerprint density at radius 1 is 1.03 bits per heavy atom. The van der Waals surface area contributed by atoms with Crippen LogP contribution in [0.2, 0.25) is 5.02 Å². The third kappa shape index (κ3) is 4.38. The summed E-state index contributed by atoms with van der Waals surface area (Å²) in [6, 6.07) is 5.64. The molecule has 0 radical (unpaired) electrons. The smallest absolute Gasteiger partial charge is 0.266 e. The second-order valence-electron chi connectivity index (χ2n) is 7.06. The maximum Gasteiger partial charge on any atom is 0.266 e. The number of fused-ring (bicyclic) bond motifs is 1. The number of ether oxygens (including phenoxy) is 1. The molecule has 0 aliphatic rings. The molecule has 2 aromatic carbocycles. The van der Waals surface area contributed by atoms with Crippen LogP contribution in [0.1, 0.15) is 0 Å². The Labute approximate surface area is 205 Å². The van der Waals surface area contributed by atoms with Crippen LogP contribution in [0.5, 0.6) is 11.5 Å². The second kappa shape index (κ2) is 8.79. The molecule has 3 heterocycles. The highest BCUT2D eigenvalue weighted by Gasteiger charge is 2.25. The van der Waals surface area contributed by atoms with Gasteiger partial charge in [-0.1, -0.05) is 11.6 Å². The minimum absolute atomic E-state index is 0.0842. The monoisotopic (exact) mass is 535 g/mol. The van der Waals surface area contributed by atoms with Crippen LogP contribution in [0.4, 0.5) is 13.9 Å². The van der Waals surface area contributed by atoms with Crippen molar-refractivity contribution in [2.24, 2.45) is 7.05 Å². The summed E-state index contributed by atoms with van der Waals surface area (Å²) in [6.45, 7) is 0. The lowest BCUT2D eigenvalue weighted by atomic mass is 10.1. The highest BCUT2D eigenvalue weighted by Crippen LogP contribution is 2.38. The number of nitrogens with one attached hydrogen (secondary N) is 1. The normalized spacial score (nSPS) is 11.7. The fraction of sp³-hybridized carbons (Fsp3) is 0.0500. The van der Waals surface area contributed by atoms with Crippen molar-refractivity contribution in [3.63, 3.8) is 0 Å². The topological polar surface area (TPSA) is 125 Å². The molecule has 15 heteroatoms. The molecule has 0 spiro atoms. The largest absolute Gasteiger partial charge is 0.453 e. The van der Waals surface area contributed by atoms with E-state index in [0.717, 1.165) is 17.9 Å². The molecule has 35 heavy (non-hydrogen) atoms. The summed E-state index contributed by atoms with van der Waals surface area (Å²) in [7, 11) is -2.70. The van der Waals surface area contributed by atoms with Gasteiger partial charge in [0.15, 0.2) is 17.2 Å². The van der Waals surface area contributed by atoms with Crippen molar-refractivity contribution in [2.45, 2.75) is 4.90 Å². The van der Waals surface area contributed by atoms with Gasteiger partial charge in [0.1, 0.15) is 40.3 Å². The molecule has 0 unspecified atom stereocenters. The SMILES string of the molecule is Cn1cnc2c(-c3cc(Cl)ccc3Oc3cc(F)c(S(=O)(=O)Nc4ncns4)cc3F)ncnc21. The molecule has 0 aliphatic carbocycles. The second-order valence-corrected chi connectivity index (χ2v) is 9.92. The summed E-state index contributed by atoms with van der Waals surface area (Å²) in [6.07, 6.45) is 4.00. The minimum Gasteiger partial charge on any atom is -0.453 e. The first-order valence-corrected chi connectivity index (χ1v) is 12.2. The third-order valence-corrected chi connectivity index (χ3v) is 7.07. The summed E-state index contributed by atoms with van der Waals surface area (Å²) in [5.41, 5.74) is 1.68. The molecule has 0 saturated carbocycles. The zero-order valence-corrected chi connectivity index (χ0v) is 19.9. The van der Waals surface area contributed by atoms with E-state index in [4.69, 9.17) is 16.3 Å². The van der Waals surface area contributed by atoms with Crippen molar-refractivity contribution in [2.75, 3.05) is 4.72 Å². The maximum atomic E-state index is 14.9. The third-order valence-electron chi connectivity index (χ3n) is 4.77. The number of imidazole rings is 1. The van der Waals surface area contributed by atoms with Gasteiger partial charge in [-0.15, -0.1) is 0 Å². The summed E-state index contributed by atoms with van der Waals surface area (Å²) in [5, 5.41) is 0.243. The van der Waals surface area contributed by atoms with Crippen LogP contribution in [0.15, 0.2) is 54.2 Å². The van der Waals surface area contributed by atoms with E-state index in [1.54, 1.807) is 17.9 Å². The first-order valence-electron chi connectivity index (χ1n) is 9.61. The highest BCUT2D eigenvalue weighted by molar-refractivity contribution is 7.93. The maximum absolute atomic E-state index is 14.9. The van der Waals surface area contributed by atoms with Crippen molar-refractivity contribution in [3.05, 3.63) is 66.0 Å². The minimum atomic E-state index is -4.46. The molecular formula is C20H12ClF2N7O3S2. The fourth-order valence-corrected chi connectivity index (χ4v) is 5.13. The fourth-order valence-electron chi connectivity index (χ4n) is 3.22. The number of nitrogens with zero attached hydrogens (tertiary/aromatic N) is 6. The molecule has 3 aromatic heterocycles. The predicted molar refractivity (Wildman–Crippen MR) is 124 cm³/mol. The van der Waals surface area contributed by atoms with Gasteiger partial charge in [0.05, 0.1) is 6.33 Å². The molecular weight excluding hydrogens is 524 g/mol. The molecule has 0 atom stereocenters. The van der Waals surface area contributed by atoms with Gasteiger partial charge in [0, 0.05) is 41.3 Å². The molecule has 0 saturated heterocycles. The van der Waals surface area contributed by atoms with Gasteiger partial charge in [-0.3, -0.25) is 4.72 Å². The van der Waals surface area contributed by atoms with Crippen LogP contribution in [-0.4, -0.2) is 37.3 Å². The van der Waals surface area contributed by atoms with Crippen LogP contribution in [0, 0.1) is 11.6 Å². The average molecular weight is 536 g/mol. The zero-order chi connectivity index (χ0) is 24.7. The van der Waals surface area contributed by atoms with Gasteiger partial charge in [-0.05, 0) is 18.2 Å². The Morgan fingerprint density at radius 2 is 1.86 bits per heavy atom. The lowest BCUT2D eigenvalue weighted by molar-refractivity contribution is 0.433. The number of rotatable bonds is 6. The number of aryl methyl sites for hydroxylation is 1. The molecule has 0 aliphatic heterocycles. The van der Waals surface area contributed by atoms with E-state index in [-0.39, 0.29) is 10.9 Å².